The summed E-state index contributed by atoms with van der Waals surface area (Å²) in [6.07, 6.45) is -4.02. The van der Waals surface area contributed by atoms with Crippen molar-refractivity contribution >= 4 is 27.8 Å². The lowest BCUT2D eigenvalue weighted by Crippen LogP contribution is -2.39. The molecule has 11 heteroatoms. The van der Waals surface area contributed by atoms with Gasteiger partial charge in [0.15, 0.2) is 12.3 Å². The molecule has 1 N–H and O–H groups in total. The van der Waals surface area contributed by atoms with E-state index in [-0.39, 0.29) is 12.2 Å². The Morgan fingerprint density at radius 2 is 1.82 bits per heavy atom. The zero-order chi connectivity index (χ0) is 21.5. The van der Waals surface area contributed by atoms with Crippen molar-refractivity contribution in [1.82, 2.24) is 0 Å². The second-order valence-electron chi connectivity index (χ2n) is 7.03. The fourth-order valence-electron chi connectivity index (χ4n) is 2.98. The second-order valence-corrected chi connectivity index (χ2v) is 9.79. The number of esters is 1. The van der Waals surface area contributed by atoms with Crippen LogP contribution in [0.25, 0.3) is 0 Å². The SMILES string of the molecule is C=C(C(F)[C@@H](F)C(SCCC(=O)OC1(C)CCCCC1)[C@@H](F)CF)S(=O)(=O)O. The van der Waals surface area contributed by atoms with Gasteiger partial charge in [0.1, 0.15) is 23.4 Å². The molecule has 0 spiro atoms. The summed E-state index contributed by atoms with van der Waals surface area (Å²) in [5.41, 5.74) is -0.582. The molecule has 0 saturated heterocycles. The summed E-state index contributed by atoms with van der Waals surface area (Å²) >= 11 is 0.460. The fraction of sp³-hybridized carbons (Fsp3) is 0.824. The van der Waals surface area contributed by atoms with Crippen molar-refractivity contribution in [1.29, 1.82) is 0 Å². The van der Waals surface area contributed by atoms with Gasteiger partial charge < -0.3 is 4.74 Å². The van der Waals surface area contributed by atoms with Crippen LogP contribution in [0, 0.1) is 0 Å². The van der Waals surface area contributed by atoms with E-state index < -0.39 is 57.0 Å². The van der Waals surface area contributed by atoms with Crippen LogP contribution in [0.2, 0.25) is 0 Å². The molecule has 2 unspecified atom stereocenters. The second kappa shape index (κ2) is 10.8. The first-order valence-electron chi connectivity index (χ1n) is 8.89. The van der Waals surface area contributed by atoms with Crippen LogP contribution in [0.15, 0.2) is 11.5 Å². The monoisotopic (exact) mass is 450 g/mol. The van der Waals surface area contributed by atoms with E-state index in [1.54, 1.807) is 0 Å². The van der Waals surface area contributed by atoms with Gasteiger partial charge in [-0.2, -0.15) is 20.2 Å². The van der Waals surface area contributed by atoms with Crippen molar-refractivity contribution in [3.8, 4) is 0 Å². The highest BCUT2D eigenvalue weighted by molar-refractivity contribution is 8.00. The first-order chi connectivity index (χ1) is 12.9. The van der Waals surface area contributed by atoms with E-state index in [1.807, 2.05) is 6.92 Å². The Balaban J connectivity index is 2.64. The predicted molar refractivity (Wildman–Crippen MR) is 99.8 cm³/mol. The smallest absolute Gasteiger partial charge is 0.307 e. The van der Waals surface area contributed by atoms with Gasteiger partial charge in [0.05, 0.1) is 11.7 Å². The van der Waals surface area contributed by atoms with Crippen molar-refractivity contribution in [3.05, 3.63) is 11.5 Å². The summed E-state index contributed by atoms with van der Waals surface area (Å²) in [4.78, 5) is 10.5. The Kier molecular flexibility index (Phi) is 9.75. The van der Waals surface area contributed by atoms with E-state index in [4.69, 9.17) is 9.29 Å². The standard InChI is InChI=1S/C17H26F4O5S2/c1-11(28(23,24)25)14(20)15(21)16(12(19)10-18)27-9-6-13(22)26-17(2)7-4-3-5-8-17/h12,14-16H,1,3-10H2,2H3,(H,23,24,25)/t12-,14?,15+,16?/m0/s1. The van der Waals surface area contributed by atoms with Crippen molar-refractivity contribution in [2.24, 2.45) is 0 Å². The van der Waals surface area contributed by atoms with E-state index in [0.29, 0.717) is 11.8 Å². The number of carbonyl (C=O) groups is 1. The zero-order valence-electron chi connectivity index (χ0n) is 15.6. The molecule has 164 valence electrons. The van der Waals surface area contributed by atoms with Crippen molar-refractivity contribution in [2.75, 3.05) is 12.4 Å². The average molecular weight is 451 g/mol. The van der Waals surface area contributed by atoms with E-state index in [0.717, 1.165) is 32.1 Å². The summed E-state index contributed by atoms with van der Waals surface area (Å²) in [5.74, 6) is -0.758. The summed E-state index contributed by atoms with van der Waals surface area (Å²) in [6, 6.07) is 0. The molecule has 1 rings (SSSR count). The van der Waals surface area contributed by atoms with Crippen LogP contribution < -0.4 is 0 Å². The maximum atomic E-state index is 14.3. The van der Waals surface area contributed by atoms with Gasteiger partial charge in [0.25, 0.3) is 10.1 Å². The van der Waals surface area contributed by atoms with Crippen LogP contribution in [0.1, 0.15) is 45.4 Å². The van der Waals surface area contributed by atoms with Gasteiger partial charge in [-0.3, -0.25) is 9.35 Å². The number of carbonyl (C=O) groups excluding carboxylic acids is 1. The van der Waals surface area contributed by atoms with Gasteiger partial charge >= 0.3 is 5.97 Å². The third kappa shape index (κ3) is 7.55. The van der Waals surface area contributed by atoms with E-state index in [2.05, 4.69) is 6.58 Å². The van der Waals surface area contributed by atoms with E-state index >= 15 is 0 Å². The first-order valence-corrected chi connectivity index (χ1v) is 11.4. The number of thioether (sulfide) groups is 1. The van der Waals surface area contributed by atoms with Crippen LogP contribution in [0.3, 0.4) is 0 Å². The Labute approximate surface area is 167 Å². The van der Waals surface area contributed by atoms with Gasteiger partial charge in [-0.15, -0.1) is 0 Å². The molecule has 1 aliphatic rings. The Morgan fingerprint density at radius 1 is 1.25 bits per heavy atom. The minimum absolute atomic E-state index is 0.175. The molecular weight excluding hydrogens is 424 g/mol. The molecular formula is C17H26F4O5S2. The predicted octanol–water partition coefficient (Wildman–Crippen LogP) is 4.13. The highest BCUT2D eigenvalue weighted by Gasteiger charge is 2.40. The van der Waals surface area contributed by atoms with Gasteiger partial charge in [-0.25, -0.2) is 17.6 Å². The molecule has 4 atom stereocenters. The molecule has 0 aliphatic heterocycles. The molecule has 0 bridgehead atoms. The van der Waals surface area contributed by atoms with Gasteiger partial charge in [0, 0.05) is 5.75 Å². The topological polar surface area (TPSA) is 80.7 Å². The third-order valence-corrected chi connectivity index (χ3v) is 6.89. The molecule has 0 radical (unpaired) electrons. The normalized spacial score (nSPS) is 21.4. The number of halogens is 4. The van der Waals surface area contributed by atoms with Crippen LogP contribution in [0.4, 0.5) is 17.6 Å². The molecule has 0 aromatic carbocycles. The van der Waals surface area contributed by atoms with Gasteiger partial charge in [-0.1, -0.05) is 13.0 Å². The summed E-state index contributed by atoms with van der Waals surface area (Å²) < 4.78 is 90.6. The third-order valence-electron chi connectivity index (χ3n) is 4.62. The molecule has 0 heterocycles. The Hall–Kier alpha value is -0.810. The number of rotatable bonds is 11. The maximum Gasteiger partial charge on any atom is 0.307 e. The molecule has 0 aromatic heterocycles. The van der Waals surface area contributed by atoms with Crippen LogP contribution >= 0.6 is 11.8 Å². The number of hydrogen-bond acceptors (Lipinski definition) is 5. The van der Waals surface area contributed by atoms with Crippen LogP contribution in [0.5, 0.6) is 0 Å². The van der Waals surface area contributed by atoms with Crippen molar-refractivity contribution in [3.63, 3.8) is 0 Å². The molecule has 28 heavy (non-hydrogen) atoms. The fourth-order valence-corrected chi connectivity index (χ4v) is 4.55. The molecule has 5 nitrogen and oxygen atoms in total. The van der Waals surface area contributed by atoms with Gasteiger partial charge in [-0.05, 0) is 32.6 Å². The van der Waals surface area contributed by atoms with Gasteiger partial charge in [0.2, 0.25) is 0 Å². The maximum absolute atomic E-state index is 14.3. The summed E-state index contributed by atoms with van der Waals surface area (Å²) in [6.45, 7) is 2.94. The van der Waals surface area contributed by atoms with Crippen LogP contribution in [-0.4, -0.2) is 60.7 Å². The largest absolute Gasteiger partial charge is 0.459 e. The minimum Gasteiger partial charge on any atom is -0.459 e. The highest BCUT2D eigenvalue weighted by atomic mass is 32.2. The minimum atomic E-state index is -5.08. The molecule has 1 fully saturated rings. The number of ether oxygens (including phenoxy) is 1. The van der Waals surface area contributed by atoms with E-state index in [9.17, 15) is 30.8 Å². The lowest BCUT2D eigenvalue weighted by Gasteiger charge is -2.33. The first kappa shape index (κ1) is 25.2. The number of alkyl halides is 4. The van der Waals surface area contributed by atoms with Crippen molar-refractivity contribution < 1.29 is 40.1 Å². The van der Waals surface area contributed by atoms with Crippen LogP contribution in [-0.2, 0) is 19.6 Å². The lowest BCUT2D eigenvalue weighted by molar-refractivity contribution is -0.160. The molecule has 0 amide bonds. The van der Waals surface area contributed by atoms with Crippen molar-refractivity contribution in [2.45, 2.75) is 74.8 Å². The number of hydrogen-bond donors (Lipinski definition) is 1. The number of allylic oxidation sites excluding steroid dienone is 1. The zero-order valence-corrected chi connectivity index (χ0v) is 17.2. The quantitative estimate of drug-likeness (QED) is 0.290. The summed E-state index contributed by atoms with van der Waals surface area (Å²) in [7, 11) is -5.08. The molecule has 1 aliphatic carbocycles. The molecule has 0 aromatic rings. The Morgan fingerprint density at radius 3 is 2.32 bits per heavy atom. The highest BCUT2D eigenvalue weighted by Crippen LogP contribution is 2.33. The molecule has 1 saturated carbocycles. The Bertz CT molecular complexity index is 637. The van der Waals surface area contributed by atoms with E-state index in [1.165, 1.54) is 0 Å². The average Bonchev–Trinajstić information content (AvgIpc) is 2.62. The summed E-state index contributed by atoms with van der Waals surface area (Å²) in [5, 5.41) is -1.92. The lowest BCUT2D eigenvalue weighted by atomic mass is 9.86.